The first kappa shape index (κ1) is 14.9. The number of rotatable bonds is 2. The molecule has 0 radical (unpaired) electrons. The van der Waals surface area contributed by atoms with Crippen molar-refractivity contribution in [1.29, 1.82) is 0 Å². The Bertz CT molecular complexity index is 520. The highest BCUT2D eigenvalue weighted by atomic mass is 32.2. The van der Waals surface area contributed by atoms with E-state index in [4.69, 9.17) is 15.2 Å². The van der Waals surface area contributed by atoms with Crippen LogP contribution in [0.5, 0.6) is 11.5 Å². The van der Waals surface area contributed by atoms with Gasteiger partial charge in [-0.25, -0.2) is 0 Å². The first-order chi connectivity index (χ1) is 10.3. The van der Waals surface area contributed by atoms with Crippen LogP contribution in [0.2, 0.25) is 0 Å². The van der Waals surface area contributed by atoms with Crippen molar-refractivity contribution in [3.05, 3.63) is 18.2 Å². The van der Waals surface area contributed by atoms with Crippen LogP contribution in [0.1, 0.15) is 38.5 Å². The first-order valence-corrected chi connectivity index (χ1v) is 9.03. The molecule has 0 spiro atoms. The van der Waals surface area contributed by atoms with E-state index in [-0.39, 0.29) is 11.3 Å². The summed E-state index contributed by atoms with van der Waals surface area (Å²) in [5.74, 6) is 1.46. The van der Waals surface area contributed by atoms with E-state index in [1.807, 2.05) is 18.2 Å². The first-order valence-electron chi connectivity index (χ1n) is 7.81. The van der Waals surface area contributed by atoms with Gasteiger partial charge in [-0.2, -0.15) is 0 Å². The maximum atomic E-state index is 12.9. The lowest BCUT2D eigenvalue weighted by molar-refractivity contribution is 0.297. The standard InChI is InChI=1S/C16H23NO3S/c17-13-5-2-1-3-6-16(13)21(18)12-7-8-14-15(11-12)20-10-4-9-19-14/h7-8,11,13,16H,1-6,9-10,17H2. The Morgan fingerprint density at radius 1 is 1.00 bits per heavy atom. The fourth-order valence-electron chi connectivity index (χ4n) is 3.01. The molecule has 3 rings (SSSR count). The molecule has 5 heteroatoms. The third-order valence-electron chi connectivity index (χ3n) is 4.23. The Morgan fingerprint density at radius 3 is 2.62 bits per heavy atom. The number of ether oxygens (including phenoxy) is 2. The smallest absolute Gasteiger partial charge is 0.162 e. The summed E-state index contributed by atoms with van der Waals surface area (Å²) in [6.45, 7) is 1.31. The van der Waals surface area contributed by atoms with Crippen LogP contribution in [-0.4, -0.2) is 28.7 Å². The molecule has 0 aromatic heterocycles. The summed E-state index contributed by atoms with van der Waals surface area (Å²) in [5, 5.41) is 0.0530. The minimum atomic E-state index is -1.08. The third kappa shape index (κ3) is 3.40. The molecule has 116 valence electrons. The molecule has 3 atom stereocenters. The maximum absolute atomic E-state index is 12.9. The Hall–Kier alpha value is -1.07. The van der Waals surface area contributed by atoms with Gasteiger partial charge in [0.25, 0.3) is 0 Å². The normalized spacial score (nSPS) is 27.5. The summed E-state index contributed by atoms with van der Waals surface area (Å²) >= 11 is 0. The van der Waals surface area contributed by atoms with Crippen molar-refractivity contribution in [2.24, 2.45) is 5.73 Å². The Balaban J connectivity index is 1.82. The fourth-order valence-corrected chi connectivity index (χ4v) is 4.62. The van der Waals surface area contributed by atoms with E-state index in [1.165, 1.54) is 6.42 Å². The Labute approximate surface area is 128 Å². The molecule has 1 saturated carbocycles. The van der Waals surface area contributed by atoms with Crippen LogP contribution in [0.3, 0.4) is 0 Å². The quantitative estimate of drug-likeness (QED) is 0.853. The van der Waals surface area contributed by atoms with Crippen molar-refractivity contribution in [2.75, 3.05) is 13.2 Å². The van der Waals surface area contributed by atoms with Crippen LogP contribution in [0.25, 0.3) is 0 Å². The molecule has 1 aromatic carbocycles. The van der Waals surface area contributed by atoms with Gasteiger partial charge < -0.3 is 15.2 Å². The molecule has 0 amide bonds. The van der Waals surface area contributed by atoms with E-state index in [9.17, 15) is 4.21 Å². The summed E-state index contributed by atoms with van der Waals surface area (Å²) in [4.78, 5) is 0.807. The average Bonchev–Trinajstić information content (AvgIpc) is 2.85. The number of hydrogen-bond acceptors (Lipinski definition) is 4. The SMILES string of the molecule is NC1CCCCCC1S(=O)c1ccc2c(c1)OCCCO2. The lowest BCUT2D eigenvalue weighted by Crippen LogP contribution is -2.36. The predicted molar refractivity (Wildman–Crippen MR) is 83.3 cm³/mol. The van der Waals surface area contributed by atoms with Crippen molar-refractivity contribution in [2.45, 2.75) is 54.7 Å². The highest BCUT2D eigenvalue weighted by Gasteiger charge is 2.27. The summed E-state index contributed by atoms with van der Waals surface area (Å²) in [5.41, 5.74) is 6.23. The molecule has 0 saturated heterocycles. The van der Waals surface area contributed by atoms with Crippen molar-refractivity contribution >= 4 is 10.8 Å². The van der Waals surface area contributed by atoms with Gasteiger partial charge in [0.2, 0.25) is 0 Å². The molecular weight excluding hydrogens is 286 g/mol. The number of hydrogen-bond donors (Lipinski definition) is 1. The van der Waals surface area contributed by atoms with Gasteiger partial charge in [-0.1, -0.05) is 19.3 Å². The van der Waals surface area contributed by atoms with E-state index in [0.29, 0.717) is 19.0 Å². The molecule has 0 bridgehead atoms. The van der Waals surface area contributed by atoms with E-state index in [0.717, 1.165) is 42.7 Å². The molecule has 1 aliphatic heterocycles. The highest BCUT2D eigenvalue weighted by Crippen LogP contribution is 2.33. The lowest BCUT2D eigenvalue weighted by atomic mass is 10.1. The van der Waals surface area contributed by atoms with Gasteiger partial charge in [0, 0.05) is 23.4 Å². The van der Waals surface area contributed by atoms with Gasteiger partial charge in [-0.05, 0) is 25.0 Å². The van der Waals surface area contributed by atoms with E-state index in [1.54, 1.807) is 0 Å². The van der Waals surface area contributed by atoms with Crippen molar-refractivity contribution < 1.29 is 13.7 Å². The third-order valence-corrected chi connectivity index (χ3v) is 6.08. The zero-order valence-electron chi connectivity index (χ0n) is 12.3. The summed E-state index contributed by atoms with van der Waals surface area (Å²) in [6, 6.07) is 5.66. The average molecular weight is 309 g/mol. The van der Waals surface area contributed by atoms with Crippen molar-refractivity contribution in [3.8, 4) is 11.5 Å². The zero-order valence-corrected chi connectivity index (χ0v) is 13.1. The number of benzene rings is 1. The van der Waals surface area contributed by atoms with Gasteiger partial charge in [0.15, 0.2) is 11.5 Å². The molecule has 1 aliphatic carbocycles. The molecule has 1 aromatic rings. The molecule has 4 nitrogen and oxygen atoms in total. The molecule has 2 N–H and O–H groups in total. The van der Waals surface area contributed by atoms with Crippen LogP contribution in [0.4, 0.5) is 0 Å². The van der Waals surface area contributed by atoms with Gasteiger partial charge >= 0.3 is 0 Å². The predicted octanol–water partition coefficient (Wildman–Crippen LogP) is 2.62. The van der Waals surface area contributed by atoms with Crippen molar-refractivity contribution in [1.82, 2.24) is 0 Å². The van der Waals surface area contributed by atoms with Gasteiger partial charge in [0.1, 0.15) is 0 Å². The van der Waals surface area contributed by atoms with Gasteiger partial charge in [-0.15, -0.1) is 0 Å². The van der Waals surface area contributed by atoms with Crippen molar-refractivity contribution in [3.63, 3.8) is 0 Å². The Morgan fingerprint density at radius 2 is 1.76 bits per heavy atom. The summed E-state index contributed by atoms with van der Waals surface area (Å²) in [7, 11) is -1.08. The highest BCUT2D eigenvalue weighted by molar-refractivity contribution is 7.85. The van der Waals surface area contributed by atoms with Gasteiger partial charge in [-0.3, -0.25) is 4.21 Å². The second kappa shape index (κ2) is 6.79. The topological polar surface area (TPSA) is 61.6 Å². The van der Waals surface area contributed by atoms with Crippen LogP contribution in [0, 0.1) is 0 Å². The minimum Gasteiger partial charge on any atom is -0.490 e. The maximum Gasteiger partial charge on any atom is 0.162 e. The summed E-state index contributed by atoms with van der Waals surface area (Å²) < 4.78 is 24.2. The monoisotopic (exact) mass is 309 g/mol. The van der Waals surface area contributed by atoms with Crippen LogP contribution in [-0.2, 0) is 10.8 Å². The second-order valence-electron chi connectivity index (χ2n) is 5.80. The second-order valence-corrected chi connectivity index (χ2v) is 7.47. The number of nitrogens with two attached hydrogens (primary N) is 1. The summed E-state index contributed by atoms with van der Waals surface area (Å²) in [6.07, 6.45) is 6.26. The molecule has 21 heavy (non-hydrogen) atoms. The molecular formula is C16H23NO3S. The lowest BCUT2D eigenvalue weighted by Gasteiger charge is -2.21. The molecule has 1 heterocycles. The van der Waals surface area contributed by atoms with Gasteiger partial charge in [0.05, 0.1) is 29.3 Å². The van der Waals surface area contributed by atoms with E-state index >= 15 is 0 Å². The fraction of sp³-hybridized carbons (Fsp3) is 0.625. The zero-order chi connectivity index (χ0) is 14.7. The van der Waals surface area contributed by atoms with E-state index in [2.05, 4.69) is 0 Å². The van der Waals surface area contributed by atoms with Crippen LogP contribution < -0.4 is 15.2 Å². The minimum absolute atomic E-state index is 0.0318. The van der Waals surface area contributed by atoms with Crippen LogP contribution >= 0.6 is 0 Å². The number of fused-ring (bicyclic) bond motifs is 1. The largest absolute Gasteiger partial charge is 0.490 e. The molecule has 1 fully saturated rings. The van der Waals surface area contributed by atoms with E-state index < -0.39 is 10.8 Å². The molecule has 3 unspecified atom stereocenters. The molecule has 2 aliphatic rings. The Kier molecular flexibility index (Phi) is 4.80. The van der Waals surface area contributed by atoms with Crippen LogP contribution in [0.15, 0.2) is 23.1 Å².